The molecule has 0 amide bonds. The molecule has 6 nitrogen and oxygen atoms in total. The fraction of sp³-hybridized carbons (Fsp3) is 0.269. The lowest BCUT2D eigenvalue weighted by molar-refractivity contribution is 0.459. The van der Waals surface area contributed by atoms with Gasteiger partial charge in [-0.1, -0.05) is 47.6 Å². The van der Waals surface area contributed by atoms with Gasteiger partial charge in [0, 0.05) is 34.4 Å². The van der Waals surface area contributed by atoms with Crippen molar-refractivity contribution in [2.24, 2.45) is 0 Å². The standard InChI is InChI=1S/C26H26N4O2S/c1-17-13-14-18(16-27)28-22(17)15-23(30-33(31)26(2,3)4)19-9-5-6-10-20(19)25-21-11-7-8-12-24(21)32-29-25/h5-14,23,30H,15H2,1-4H3. The Balaban J connectivity index is 1.82. The zero-order valence-electron chi connectivity index (χ0n) is 19.1. The van der Waals surface area contributed by atoms with Gasteiger partial charge in [-0.15, -0.1) is 4.72 Å². The smallest absolute Gasteiger partial charge is 0.167 e. The third-order valence-corrected chi connectivity index (χ3v) is 7.10. The van der Waals surface area contributed by atoms with Gasteiger partial charge in [0.2, 0.25) is 0 Å². The predicted octanol–water partition coefficient (Wildman–Crippen LogP) is 5.41. The Labute approximate surface area is 197 Å². The number of para-hydroxylation sites is 1. The molecule has 168 valence electrons. The van der Waals surface area contributed by atoms with Crippen molar-refractivity contribution in [3.8, 4) is 17.3 Å². The van der Waals surface area contributed by atoms with E-state index in [0.717, 1.165) is 33.5 Å². The molecule has 4 rings (SSSR count). The molecule has 0 fully saturated rings. The van der Waals surface area contributed by atoms with Gasteiger partial charge in [-0.25, -0.2) is 4.98 Å². The molecule has 2 unspecified atom stereocenters. The van der Waals surface area contributed by atoms with E-state index in [1.165, 1.54) is 0 Å². The van der Waals surface area contributed by atoms with Gasteiger partial charge < -0.3 is 9.08 Å². The average molecular weight is 459 g/mol. The lowest BCUT2D eigenvalue weighted by Crippen LogP contribution is -2.42. The van der Waals surface area contributed by atoms with E-state index in [-0.39, 0.29) is 6.04 Å². The molecule has 0 aliphatic rings. The molecule has 0 aliphatic carbocycles. The monoisotopic (exact) mass is 458 g/mol. The Morgan fingerprint density at radius 3 is 2.58 bits per heavy atom. The number of aromatic nitrogens is 2. The second kappa shape index (κ2) is 9.36. The van der Waals surface area contributed by atoms with Crippen molar-refractivity contribution in [2.75, 3.05) is 0 Å². The van der Waals surface area contributed by atoms with Crippen LogP contribution in [0, 0.1) is 18.3 Å². The molecular formula is C26H26N4O2S. The van der Waals surface area contributed by atoms with Gasteiger partial charge in [0.05, 0.1) is 6.04 Å². The fourth-order valence-electron chi connectivity index (χ4n) is 3.65. The maximum atomic E-state index is 13.1. The van der Waals surface area contributed by atoms with E-state index < -0.39 is 16.1 Å². The van der Waals surface area contributed by atoms with Crippen molar-refractivity contribution in [3.05, 3.63) is 83.2 Å². The van der Waals surface area contributed by atoms with Gasteiger partial charge in [0.15, 0.2) is 5.58 Å². The minimum Gasteiger partial charge on any atom is -0.598 e. The van der Waals surface area contributed by atoms with E-state index in [0.29, 0.717) is 17.7 Å². The molecule has 2 aromatic heterocycles. The number of fused-ring (bicyclic) bond motifs is 1. The number of benzene rings is 2. The second-order valence-corrected chi connectivity index (χ2v) is 10.9. The Kier molecular flexibility index (Phi) is 6.52. The summed E-state index contributed by atoms with van der Waals surface area (Å²) in [5, 5.41) is 14.6. The summed E-state index contributed by atoms with van der Waals surface area (Å²) in [6.07, 6.45) is 0.468. The maximum absolute atomic E-state index is 13.1. The predicted molar refractivity (Wildman–Crippen MR) is 131 cm³/mol. The van der Waals surface area contributed by atoms with Crippen LogP contribution in [-0.4, -0.2) is 19.4 Å². The van der Waals surface area contributed by atoms with Crippen LogP contribution in [0.3, 0.4) is 0 Å². The van der Waals surface area contributed by atoms with Crippen LogP contribution in [0.5, 0.6) is 0 Å². The highest BCUT2D eigenvalue weighted by Gasteiger charge is 2.32. The third-order valence-electron chi connectivity index (χ3n) is 5.49. The Bertz CT molecular complexity index is 1320. The first-order valence-corrected chi connectivity index (χ1v) is 11.9. The normalized spacial score (nSPS) is 13.6. The van der Waals surface area contributed by atoms with Crippen molar-refractivity contribution < 1.29 is 9.08 Å². The van der Waals surface area contributed by atoms with E-state index in [4.69, 9.17) is 4.52 Å². The molecule has 0 saturated heterocycles. The van der Waals surface area contributed by atoms with Gasteiger partial charge in [-0.05, 0) is 57.0 Å². The molecule has 0 radical (unpaired) electrons. The SMILES string of the molecule is Cc1ccc(C#N)nc1CC(N[S+]([O-])C(C)(C)C)c1ccccc1-c1noc2ccccc12. The molecule has 0 aliphatic heterocycles. The first-order chi connectivity index (χ1) is 15.8. The van der Waals surface area contributed by atoms with E-state index in [2.05, 4.69) is 20.9 Å². The summed E-state index contributed by atoms with van der Waals surface area (Å²) in [6, 6.07) is 21.1. The topological polar surface area (TPSA) is 97.8 Å². The Morgan fingerprint density at radius 1 is 1.09 bits per heavy atom. The van der Waals surface area contributed by atoms with E-state index in [1.54, 1.807) is 6.07 Å². The van der Waals surface area contributed by atoms with Crippen molar-refractivity contribution in [1.82, 2.24) is 14.9 Å². The van der Waals surface area contributed by atoms with E-state index in [1.807, 2.05) is 82.3 Å². The average Bonchev–Trinajstić information content (AvgIpc) is 3.23. The fourth-order valence-corrected chi connectivity index (χ4v) is 4.47. The van der Waals surface area contributed by atoms with Crippen molar-refractivity contribution in [1.29, 1.82) is 5.26 Å². The van der Waals surface area contributed by atoms with Crippen LogP contribution in [0.4, 0.5) is 0 Å². The van der Waals surface area contributed by atoms with Crippen molar-refractivity contribution in [3.63, 3.8) is 0 Å². The third kappa shape index (κ3) is 4.93. The number of pyridine rings is 1. The maximum Gasteiger partial charge on any atom is 0.167 e. The summed E-state index contributed by atoms with van der Waals surface area (Å²) in [6.45, 7) is 7.77. The first-order valence-electron chi connectivity index (χ1n) is 10.8. The van der Waals surface area contributed by atoms with Gasteiger partial charge in [0.25, 0.3) is 0 Å². The van der Waals surface area contributed by atoms with Crippen molar-refractivity contribution in [2.45, 2.75) is 44.9 Å². The molecule has 2 heterocycles. The van der Waals surface area contributed by atoms with Crippen LogP contribution in [0.25, 0.3) is 22.2 Å². The van der Waals surface area contributed by atoms with Gasteiger partial charge in [0.1, 0.15) is 22.2 Å². The zero-order chi connectivity index (χ0) is 23.6. The highest BCUT2D eigenvalue weighted by molar-refractivity contribution is 7.90. The summed E-state index contributed by atoms with van der Waals surface area (Å²) in [5.74, 6) is 0. The van der Waals surface area contributed by atoms with Crippen LogP contribution in [0.1, 0.15) is 49.3 Å². The number of hydrogen-bond donors (Lipinski definition) is 1. The Hall–Kier alpha value is -3.18. The van der Waals surface area contributed by atoms with Crippen LogP contribution < -0.4 is 4.72 Å². The summed E-state index contributed by atoms with van der Waals surface area (Å²) < 4.78 is 21.6. The van der Waals surface area contributed by atoms with E-state index >= 15 is 0 Å². The molecule has 1 N–H and O–H groups in total. The van der Waals surface area contributed by atoms with Gasteiger partial charge >= 0.3 is 0 Å². The zero-order valence-corrected chi connectivity index (χ0v) is 19.9. The molecule has 0 spiro atoms. The highest BCUT2D eigenvalue weighted by atomic mass is 32.2. The summed E-state index contributed by atoms with van der Waals surface area (Å²) in [4.78, 5) is 4.53. The number of aryl methyl sites for hydroxylation is 1. The largest absolute Gasteiger partial charge is 0.598 e. The van der Waals surface area contributed by atoms with Gasteiger partial charge in [-0.3, -0.25) is 0 Å². The molecule has 0 bridgehead atoms. The molecule has 2 aromatic carbocycles. The molecular weight excluding hydrogens is 432 g/mol. The van der Waals surface area contributed by atoms with Crippen molar-refractivity contribution >= 4 is 22.3 Å². The summed E-state index contributed by atoms with van der Waals surface area (Å²) >= 11 is -1.32. The number of rotatable bonds is 6. The molecule has 4 aromatic rings. The van der Waals surface area contributed by atoms with Crippen LogP contribution in [0.2, 0.25) is 0 Å². The minimum absolute atomic E-state index is 0.322. The summed E-state index contributed by atoms with van der Waals surface area (Å²) in [7, 11) is 0. The summed E-state index contributed by atoms with van der Waals surface area (Å²) in [5.41, 5.74) is 5.43. The highest BCUT2D eigenvalue weighted by Crippen LogP contribution is 2.35. The number of nitrogens with zero attached hydrogens (tertiary/aromatic N) is 3. The molecule has 33 heavy (non-hydrogen) atoms. The second-order valence-electron chi connectivity index (χ2n) is 8.94. The van der Waals surface area contributed by atoms with Crippen LogP contribution in [0.15, 0.2) is 65.2 Å². The van der Waals surface area contributed by atoms with E-state index in [9.17, 15) is 9.81 Å². The number of nitriles is 1. The number of nitrogens with one attached hydrogen (secondary N) is 1. The van der Waals surface area contributed by atoms with Gasteiger partial charge in [-0.2, -0.15) is 5.26 Å². The minimum atomic E-state index is -1.32. The quantitative estimate of drug-likeness (QED) is 0.388. The number of hydrogen-bond acceptors (Lipinski definition) is 6. The molecule has 7 heteroatoms. The lowest BCUT2D eigenvalue weighted by Gasteiger charge is -2.29. The van der Waals surface area contributed by atoms with Crippen LogP contribution in [-0.2, 0) is 17.8 Å². The molecule has 2 atom stereocenters. The first kappa shape index (κ1) is 23.0. The molecule has 0 saturated carbocycles. The Morgan fingerprint density at radius 2 is 1.82 bits per heavy atom. The lowest BCUT2D eigenvalue weighted by atomic mass is 9.93. The van der Waals surface area contributed by atoms with Crippen LogP contribution >= 0.6 is 0 Å².